The second-order valence-electron chi connectivity index (χ2n) is 9.06. The summed E-state index contributed by atoms with van der Waals surface area (Å²) in [5.74, 6) is 0. The summed E-state index contributed by atoms with van der Waals surface area (Å²) in [5.41, 5.74) is 7.48. The number of para-hydroxylation sites is 1. The molecular formula is C34H23NO. The maximum Gasteiger partial charge on any atom is 0.137 e. The maximum absolute atomic E-state index is 6.24. The molecule has 0 saturated heterocycles. The van der Waals surface area contributed by atoms with Crippen LogP contribution in [-0.4, -0.2) is 0 Å². The van der Waals surface area contributed by atoms with E-state index < -0.39 is 0 Å². The lowest BCUT2D eigenvalue weighted by Crippen LogP contribution is -2.09. The molecule has 0 N–H and O–H groups in total. The summed E-state index contributed by atoms with van der Waals surface area (Å²) in [6.45, 7) is 0. The largest absolute Gasteiger partial charge is 0.456 e. The SMILES string of the molecule is c1ccc(-c2ccc(N(c3ccc4ccccc4c3)c3ccc4c(c3)oc3ccccc34)cc2)cc1. The molecule has 1 heterocycles. The van der Waals surface area contributed by atoms with Gasteiger partial charge in [-0.15, -0.1) is 0 Å². The third kappa shape index (κ3) is 3.52. The quantitative estimate of drug-likeness (QED) is 0.259. The van der Waals surface area contributed by atoms with Gasteiger partial charge in [0.1, 0.15) is 11.2 Å². The van der Waals surface area contributed by atoms with E-state index in [1.807, 2.05) is 18.2 Å². The van der Waals surface area contributed by atoms with Gasteiger partial charge < -0.3 is 9.32 Å². The van der Waals surface area contributed by atoms with Gasteiger partial charge in [-0.2, -0.15) is 0 Å². The molecule has 6 aromatic carbocycles. The van der Waals surface area contributed by atoms with Gasteiger partial charge in [0.2, 0.25) is 0 Å². The van der Waals surface area contributed by atoms with Crippen LogP contribution in [0, 0.1) is 0 Å². The number of nitrogens with zero attached hydrogens (tertiary/aromatic N) is 1. The van der Waals surface area contributed by atoms with Crippen LogP contribution in [-0.2, 0) is 0 Å². The van der Waals surface area contributed by atoms with Gasteiger partial charge in [-0.05, 0) is 64.4 Å². The highest BCUT2D eigenvalue weighted by molar-refractivity contribution is 6.06. The molecule has 0 bridgehead atoms. The zero-order chi connectivity index (χ0) is 23.9. The van der Waals surface area contributed by atoms with Crippen molar-refractivity contribution < 1.29 is 4.42 Å². The molecule has 0 aliphatic carbocycles. The van der Waals surface area contributed by atoms with Crippen molar-refractivity contribution in [3.05, 3.63) is 140 Å². The van der Waals surface area contributed by atoms with E-state index >= 15 is 0 Å². The summed E-state index contributed by atoms with van der Waals surface area (Å²) in [6, 6.07) is 49.1. The molecule has 7 aromatic rings. The van der Waals surface area contributed by atoms with Gasteiger partial charge in [0.25, 0.3) is 0 Å². The first-order chi connectivity index (χ1) is 17.8. The van der Waals surface area contributed by atoms with Crippen molar-refractivity contribution in [2.75, 3.05) is 4.90 Å². The first kappa shape index (κ1) is 20.5. The second-order valence-corrected chi connectivity index (χ2v) is 9.06. The van der Waals surface area contributed by atoms with Gasteiger partial charge in [0.05, 0.1) is 0 Å². The Morgan fingerprint density at radius 3 is 1.86 bits per heavy atom. The van der Waals surface area contributed by atoms with Gasteiger partial charge in [0, 0.05) is 33.9 Å². The van der Waals surface area contributed by atoms with E-state index in [1.54, 1.807) is 0 Å². The van der Waals surface area contributed by atoms with Crippen LogP contribution in [0.5, 0.6) is 0 Å². The van der Waals surface area contributed by atoms with E-state index in [1.165, 1.54) is 21.9 Å². The molecule has 0 atom stereocenters. The van der Waals surface area contributed by atoms with Crippen LogP contribution in [0.1, 0.15) is 0 Å². The van der Waals surface area contributed by atoms with Crippen molar-refractivity contribution in [3.8, 4) is 11.1 Å². The average molecular weight is 462 g/mol. The first-order valence-electron chi connectivity index (χ1n) is 12.2. The number of hydrogen-bond donors (Lipinski definition) is 0. The van der Waals surface area contributed by atoms with Crippen LogP contribution in [0.2, 0.25) is 0 Å². The first-order valence-corrected chi connectivity index (χ1v) is 12.2. The lowest BCUT2D eigenvalue weighted by atomic mass is 10.0. The van der Waals surface area contributed by atoms with E-state index in [2.05, 4.69) is 126 Å². The molecule has 0 saturated carbocycles. The Morgan fingerprint density at radius 2 is 1.00 bits per heavy atom. The lowest BCUT2D eigenvalue weighted by Gasteiger charge is -2.26. The predicted octanol–water partition coefficient (Wildman–Crippen LogP) is 9.88. The third-order valence-electron chi connectivity index (χ3n) is 6.84. The van der Waals surface area contributed by atoms with Crippen molar-refractivity contribution in [3.63, 3.8) is 0 Å². The molecule has 0 fully saturated rings. The van der Waals surface area contributed by atoms with Crippen molar-refractivity contribution >= 4 is 49.8 Å². The van der Waals surface area contributed by atoms with Crippen LogP contribution in [0.25, 0.3) is 43.8 Å². The molecule has 2 nitrogen and oxygen atoms in total. The van der Waals surface area contributed by atoms with E-state index in [-0.39, 0.29) is 0 Å². The Labute approximate surface area is 209 Å². The fourth-order valence-corrected chi connectivity index (χ4v) is 5.05. The number of furan rings is 1. The fraction of sp³-hybridized carbons (Fsp3) is 0. The highest BCUT2D eigenvalue weighted by Crippen LogP contribution is 2.39. The molecule has 170 valence electrons. The molecule has 0 unspecified atom stereocenters. The van der Waals surface area contributed by atoms with E-state index in [9.17, 15) is 0 Å². The van der Waals surface area contributed by atoms with E-state index in [4.69, 9.17) is 4.42 Å². The molecule has 0 aliphatic heterocycles. The normalized spacial score (nSPS) is 11.3. The van der Waals surface area contributed by atoms with Crippen LogP contribution < -0.4 is 4.90 Å². The Balaban J connectivity index is 1.39. The highest BCUT2D eigenvalue weighted by atomic mass is 16.3. The monoisotopic (exact) mass is 461 g/mol. The minimum absolute atomic E-state index is 0.889. The molecule has 7 rings (SSSR count). The van der Waals surface area contributed by atoms with E-state index in [0.29, 0.717) is 0 Å². The van der Waals surface area contributed by atoms with Gasteiger partial charge in [-0.3, -0.25) is 0 Å². The minimum Gasteiger partial charge on any atom is -0.456 e. The van der Waals surface area contributed by atoms with Crippen LogP contribution >= 0.6 is 0 Å². The van der Waals surface area contributed by atoms with Gasteiger partial charge in [0.15, 0.2) is 0 Å². The summed E-state index contributed by atoms with van der Waals surface area (Å²) < 4.78 is 6.24. The lowest BCUT2D eigenvalue weighted by molar-refractivity contribution is 0.669. The number of fused-ring (bicyclic) bond motifs is 4. The number of benzene rings is 6. The summed E-state index contributed by atoms with van der Waals surface area (Å²) in [7, 11) is 0. The van der Waals surface area contributed by atoms with Crippen LogP contribution in [0.15, 0.2) is 144 Å². The van der Waals surface area contributed by atoms with Gasteiger partial charge in [-0.25, -0.2) is 0 Å². The van der Waals surface area contributed by atoms with Crippen LogP contribution in [0.3, 0.4) is 0 Å². The topological polar surface area (TPSA) is 16.4 Å². The molecule has 2 heteroatoms. The molecule has 0 radical (unpaired) electrons. The molecule has 0 amide bonds. The Bertz CT molecular complexity index is 1830. The summed E-state index contributed by atoms with van der Waals surface area (Å²) in [4.78, 5) is 2.30. The number of anilines is 3. The van der Waals surface area contributed by atoms with Crippen LogP contribution in [0.4, 0.5) is 17.1 Å². The van der Waals surface area contributed by atoms with Gasteiger partial charge in [-0.1, -0.05) is 91.0 Å². The second kappa shape index (κ2) is 8.44. The van der Waals surface area contributed by atoms with Crippen molar-refractivity contribution in [2.24, 2.45) is 0 Å². The van der Waals surface area contributed by atoms with Gasteiger partial charge >= 0.3 is 0 Å². The third-order valence-corrected chi connectivity index (χ3v) is 6.84. The molecular weight excluding hydrogens is 438 g/mol. The minimum atomic E-state index is 0.889. The molecule has 0 spiro atoms. The van der Waals surface area contributed by atoms with Crippen molar-refractivity contribution in [1.29, 1.82) is 0 Å². The zero-order valence-electron chi connectivity index (χ0n) is 19.6. The fourth-order valence-electron chi connectivity index (χ4n) is 5.05. The zero-order valence-corrected chi connectivity index (χ0v) is 19.6. The Kier molecular flexibility index (Phi) is 4.82. The number of rotatable bonds is 4. The summed E-state index contributed by atoms with van der Waals surface area (Å²) in [5, 5.41) is 4.72. The van der Waals surface area contributed by atoms with Crippen molar-refractivity contribution in [1.82, 2.24) is 0 Å². The average Bonchev–Trinajstić information content (AvgIpc) is 3.32. The number of hydrogen-bond acceptors (Lipinski definition) is 2. The predicted molar refractivity (Wildman–Crippen MR) is 151 cm³/mol. The Morgan fingerprint density at radius 1 is 0.389 bits per heavy atom. The molecule has 0 aliphatic rings. The molecule has 1 aromatic heterocycles. The molecule has 36 heavy (non-hydrogen) atoms. The smallest absolute Gasteiger partial charge is 0.137 e. The standard InChI is InChI=1S/C34H23NO/c1-2-8-24(9-3-1)26-14-17-28(18-15-26)35(29-19-16-25-10-4-5-11-27(25)22-29)30-20-21-32-31-12-6-7-13-33(31)36-34(32)23-30/h1-23H. The Hall–Kier alpha value is -4.82. The van der Waals surface area contributed by atoms with Crippen molar-refractivity contribution in [2.45, 2.75) is 0 Å². The summed E-state index contributed by atoms with van der Waals surface area (Å²) in [6.07, 6.45) is 0. The highest BCUT2D eigenvalue weighted by Gasteiger charge is 2.16. The van der Waals surface area contributed by atoms with E-state index in [0.717, 1.165) is 39.0 Å². The maximum atomic E-state index is 6.24. The summed E-state index contributed by atoms with van der Waals surface area (Å²) >= 11 is 0.